The van der Waals surface area contributed by atoms with Crippen LogP contribution in [0.3, 0.4) is 0 Å². The third kappa shape index (κ3) is 7.19. The van der Waals surface area contributed by atoms with Gasteiger partial charge in [0.2, 0.25) is 0 Å². The van der Waals surface area contributed by atoms with Crippen LogP contribution in [0.15, 0.2) is 24.3 Å². The van der Waals surface area contributed by atoms with E-state index in [4.69, 9.17) is 18.8 Å². The van der Waals surface area contributed by atoms with E-state index in [0.29, 0.717) is 0 Å². The zero-order valence-corrected chi connectivity index (χ0v) is 20.6. The van der Waals surface area contributed by atoms with Gasteiger partial charge >= 0.3 is 8.80 Å². The van der Waals surface area contributed by atoms with E-state index >= 15 is 0 Å². The van der Waals surface area contributed by atoms with Crippen molar-refractivity contribution in [3.8, 4) is 12.3 Å². The van der Waals surface area contributed by atoms with E-state index in [1.165, 1.54) is 0 Å². The van der Waals surface area contributed by atoms with E-state index in [9.17, 15) is 0 Å². The summed E-state index contributed by atoms with van der Waals surface area (Å²) in [5.74, 6) is 2.67. The second-order valence-corrected chi connectivity index (χ2v) is 25.7. The Hall–Kier alpha value is -0.472. The van der Waals surface area contributed by atoms with Crippen molar-refractivity contribution in [1.29, 1.82) is 0 Å². The van der Waals surface area contributed by atoms with Crippen LogP contribution in [-0.2, 0) is 12.3 Å². The summed E-state index contributed by atoms with van der Waals surface area (Å²) in [4.78, 5) is 0. The molecule has 24 heavy (non-hydrogen) atoms. The van der Waals surface area contributed by atoms with Crippen molar-refractivity contribution in [1.82, 2.24) is 0 Å². The molecule has 0 fully saturated rings. The van der Waals surface area contributed by atoms with Gasteiger partial charge in [-0.25, -0.2) is 0 Å². The van der Waals surface area contributed by atoms with Gasteiger partial charge in [0, 0.05) is 10.8 Å². The van der Waals surface area contributed by atoms with Crippen molar-refractivity contribution in [2.45, 2.75) is 58.9 Å². The fraction of sp³-hybridized carbons (Fsp3) is 0.529. The molecule has 0 atom stereocenters. The molecule has 0 amide bonds. The van der Waals surface area contributed by atoms with E-state index in [0.717, 1.165) is 10.8 Å². The molecule has 1 rings (SSSR count). The summed E-state index contributed by atoms with van der Waals surface area (Å²) in [6.07, 6.45) is 5.50. The lowest BCUT2D eigenvalue weighted by atomic mass is 10.2. The highest BCUT2D eigenvalue weighted by Crippen LogP contribution is 2.25. The van der Waals surface area contributed by atoms with E-state index in [2.05, 4.69) is 64.8 Å². The molecule has 0 aliphatic carbocycles. The van der Waals surface area contributed by atoms with Gasteiger partial charge in [-0.15, -0.1) is 6.42 Å². The summed E-state index contributed by atoms with van der Waals surface area (Å²) in [7, 11) is -8.64. The minimum Gasteiger partial charge on any atom is -0.414 e. The Labute approximate surface area is 152 Å². The summed E-state index contributed by atoms with van der Waals surface area (Å²) < 4.78 is 20.1. The Kier molecular flexibility index (Phi) is 6.66. The predicted molar refractivity (Wildman–Crippen MR) is 113 cm³/mol. The Morgan fingerprint density at radius 1 is 0.667 bits per heavy atom. The molecule has 1 aromatic rings. The third-order valence-electron chi connectivity index (χ3n) is 2.73. The lowest BCUT2D eigenvalue weighted by molar-refractivity contribution is 0.273. The van der Waals surface area contributed by atoms with Gasteiger partial charge in [-0.3, -0.25) is 0 Å². The lowest BCUT2D eigenvalue weighted by Gasteiger charge is -2.42. The molecule has 0 saturated carbocycles. The second kappa shape index (κ2) is 7.41. The van der Waals surface area contributed by atoms with E-state index in [1.54, 1.807) is 0 Å². The molecule has 0 spiro atoms. The van der Waals surface area contributed by atoms with Gasteiger partial charge in [0.05, 0.1) is 0 Å². The number of terminal acetylenes is 1. The van der Waals surface area contributed by atoms with Gasteiger partial charge in [0.15, 0.2) is 25.0 Å². The maximum Gasteiger partial charge on any atom is 0.505 e. The van der Waals surface area contributed by atoms with Crippen LogP contribution < -0.4 is 5.19 Å². The minimum absolute atomic E-state index is 0.857. The SMILES string of the molecule is C#Cc1ccc([Si](O[Si](C)(C)C)(O[Si](C)(C)C)O[Si](C)(C)C)cc1. The average molecular weight is 397 g/mol. The number of hydrogen-bond acceptors (Lipinski definition) is 3. The van der Waals surface area contributed by atoms with Crippen molar-refractivity contribution >= 4 is 38.9 Å². The van der Waals surface area contributed by atoms with Crippen LogP contribution in [0.25, 0.3) is 0 Å². The molecule has 0 radical (unpaired) electrons. The Morgan fingerprint density at radius 3 is 1.25 bits per heavy atom. The molecule has 0 bridgehead atoms. The normalized spacial score (nSPS) is 13.7. The van der Waals surface area contributed by atoms with Crippen molar-refractivity contribution in [2.24, 2.45) is 0 Å². The van der Waals surface area contributed by atoms with Crippen LogP contribution in [0.2, 0.25) is 58.9 Å². The average Bonchev–Trinajstić information content (AvgIpc) is 2.32. The molecule has 0 unspecified atom stereocenters. The van der Waals surface area contributed by atoms with Crippen LogP contribution in [0.5, 0.6) is 0 Å². The molecule has 7 heteroatoms. The largest absolute Gasteiger partial charge is 0.505 e. The number of rotatable bonds is 7. The molecule has 0 aromatic heterocycles. The predicted octanol–water partition coefficient (Wildman–Crippen LogP) is 4.37. The van der Waals surface area contributed by atoms with Gasteiger partial charge in [-0.2, -0.15) is 0 Å². The van der Waals surface area contributed by atoms with E-state index in [-0.39, 0.29) is 0 Å². The summed E-state index contributed by atoms with van der Waals surface area (Å²) in [5.41, 5.74) is 0.857. The number of benzene rings is 1. The molecular formula is C17H32O3Si4. The fourth-order valence-electron chi connectivity index (χ4n) is 2.22. The molecule has 134 valence electrons. The highest BCUT2D eigenvalue weighted by Gasteiger charge is 2.51. The van der Waals surface area contributed by atoms with E-state index < -0.39 is 33.8 Å². The minimum atomic E-state index is -3.00. The van der Waals surface area contributed by atoms with Gasteiger partial charge in [0.1, 0.15) is 0 Å². The topological polar surface area (TPSA) is 27.7 Å². The fourth-order valence-corrected chi connectivity index (χ4v) is 15.5. The molecule has 0 aliphatic heterocycles. The van der Waals surface area contributed by atoms with Crippen molar-refractivity contribution in [3.05, 3.63) is 29.8 Å². The molecule has 0 aliphatic rings. The van der Waals surface area contributed by atoms with Crippen LogP contribution in [-0.4, -0.2) is 33.8 Å². The maximum atomic E-state index is 6.69. The highest BCUT2D eigenvalue weighted by atomic mass is 28.5. The Morgan fingerprint density at radius 2 is 1.00 bits per heavy atom. The van der Waals surface area contributed by atoms with Crippen LogP contribution in [0.1, 0.15) is 5.56 Å². The molecule has 3 nitrogen and oxygen atoms in total. The maximum absolute atomic E-state index is 6.69. The van der Waals surface area contributed by atoms with Gasteiger partial charge in [-0.1, -0.05) is 18.1 Å². The first kappa shape index (κ1) is 21.6. The van der Waals surface area contributed by atoms with Crippen molar-refractivity contribution < 1.29 is 12.3 Å². The Bertz CT molecular complexity index is 546. The lowest BCUT2D eigenvalue weighted by Crippen LogP contribution is -2.67. The quantitative estimate of drug-likeness (QED) is 0.506. The van der Waals surface area contributed by atoms with Gasteiger partial charge in [0.25, 0.3) is 0 Å². The standard InChI is InChI=1S/C17H32O3Si4/c1-11-16-12-14-17(15-13-16)24(18-21(2,3)4,19-22(5,6)7)20-23(8,9)10/h1,12-15H,2-10H3. The van der Waals surface area contributed by atoms with Crippen molar-refractivity contribution in [3.63, 3.8) is 0 Å². The number of hydrogen-bond donors (Lipinski definition) is 0. The first-order valence-corrected chi connectivity index (χ1v) is 20.3. The van der Waals surface area contributed by atoms with Crippen molar-refractivity contribution in [2.75, 3.05) is 0 Å². The summed E-state index contributed by atoms with van der Waals surface area (Å²) >= 11 is 0. The monoisotopic (exact) mass is 396 g/mol. The zero-order chi connectivity index (χ0) is 18.8. The highest BCUT2D eigenvalue weighted by molar-refractivity contribution is 6.95. The molecule has 1 aromatic carbocycles. The zero-order valence-electron chi connectivity index (χ0n) is 16.6. The summed E-state index contributed by atoms with van der Waals surface area (Å²) in [5, 5.41) is 1.02. The van der Waals surface area contributed by atoms with Crippen LogP contribution >= 0.6 is 0 Å². The molecule has 0 N–H and O–H groups in total. The first-order chi connectivity index (χ1) is 10.7. The summed E-state index contributed by atoms with van der Waals surface area (Å²) in [6.45, 7) is 19.7. The smallest absolute Gasteiger partial charge is 0.414 e. The van der Waals surface area contributed by atoms with Gasteiger partial charge < -0.3 is 12.3 Å². The van der Waals surface area contributed by atoms with Gasteiger partial charge in [-0.05, 0) is 71.1 Å². The Balaban J connectivity index is 3.50. The van der Waals surface area contributed by atoms with E-state index in [1.807, 2.05) is 24.3 Å². The van der Waals surface area contributed by atoms with Crippen LogP contribution in [0.4, 0.5) is 0 Å². The molecular weight excluding hydrogens is 365 g/mol. The third-order valence-corrected chi connectivity index (χ3v) is 14.3. The first-order valence-electron chi connectivity index (χ1n) is 8.33. The molecule has 0 heterocycles. The summed E-state index contributed by atoms with van der Waals surface area (Å²) in [6, 6.07) is 7.96. The molecule has 0 saturated heterocycles. The van der Waals surface area contributed by atoms with Crippen LogP contribution in [0, 0.1) is 12.3 Å². The second-order valence-electron chi connectivity index (χ2n) is 8.92.